The number of anilines is 1. The molecular weight excluding hydrogens is 228 g/mol. The Balaban J connectivity index is 1.99. The van der Waals surface area contributed by atoms with Crippen molar-refractivity contribution < 1.29 is 0 Å². The van der Waals surface area contributed by atoms with Crippen molar-refractivity contribution in [3.63, 3.8) is 0 Å². The van der Waals surface area contributed by atoms with Crippen molar-refractivity contribution in [2.24, 2.45) is 0 Å². The van der Waals surface area contributed by atoms with Gasteiger partial charge in [-0.3, -0.25) is 0 Å². The van der Waals surface area contributed by atoms with Gasteiger partial charge in [0.05, 0.1) is 6.54 Å². The molecule has 2 nitrogen and oxygen atoms in total. The molecular formula is C11H11ClN2S. The second kappa shape index (κ2) is 4.64. The van der Waals surface area contributed by atoms with Crippen LogP contribution in [0.1, 0.15) is 10.7 Å². The van der Waals surface area contributed by atoms with Crippen LogP contribution in [0.4, 0.5) is 5.69 Å². The molecule has 1 aromatic carbocycles. The summed E-state index contributed by atoms with van der Waals surface area (Å²) in [5.41, 5.74) is 2.10. The van der Waals surface area contributed by atoms with Crippen molar-refractivity contribution in [2.45, 2.75) is 13.5 Å². The Morgan fingerprint density at radius 1 is 1.47 bits per heavy atom. The predicted octanol–water partition coefficient (Wildman–Crippen LogP) is 3.72. The molecule has 0 radical (unpaired) electrons. The van der Waals surface area contributed by atoms with Crippen LogP contribution < -0.4 is 5.32 Å². The van der Waals surface area contributed by atoms with Crippen molar-refractivity contribution in [3.8, 4) is 0 Å². The van der Waals surface area contributed by atoms with Gasteiger partial charge in [0.15, 0.2) is 0 Å². The summed E-state index contributed by atoms with van der Waals surface area (Å²) in [5, 5.41) is 7.17. The zero-order valence-corrected chi connectivity index (χ0v) is 9.90. The lowest BCUT2D eigenvalue weighted by Gasteiger charge is -2.03. The molecule has 2 aromatic rings. The molecule has 1 N–H and O–H groups in total. The van der Waals surface area contributed by atoms with E-state index in [9.17, 15) is 0 Å². The highest BCUT2D eigenvalue weighted by Gasteiger charge is 1.98. The first kappa shape index (κ1) is 10.5. The highest BCUT2D eigenvalue weighted by atomic mass is 35.5. The standard InChI is InChI=1S/C11H11ClN2S/c1-8-7-15-11(14-8)6-13-10-4-2-3-9(12)5-10/h2-5,7,13H,6H2,1H3. The van der Waals surface area contributed by atoms with Crippen molar-refractivity contribution in [1.29, 1.82) is 0 Å². The molecule has 2 rings (SSSR count). The summed E-state index contributed by atoms with van der Waals surface area (Å²) < 4.78 is 0. The Hall–Kier alpha value is -1.06. The Kier molecular flexibility index (Phi) is 3.23. The summed E-state index contributed by atoms with van der Waals surface area (Å²) in [6, 6.07) is 7.69. The quantitative estimate of drug-likeness (QED) is 0.882. The highest BCUT2D eigenvalue weighted by molar-refractivity contribution is 7.09. The minimum atomic E-state index is 0.746. The SMILES string of the molecule is Cc1csc(CNc2cccc(Cl)c2)n1. The van der Waals surface area contributed by atoms with Crippen LogP contribution in [0.5, 0.6) is 0 Å². The average Bonchev–Trinajstić information content (AvgIpc) is 2.62. The largest absolute Gasteiger partial charge is 0.378 e. The van der Waals surface area contributed by atoms with Crippen LogP contribution in [0.25, 0.3) is 0 Å². The maximum Gasteiger partial charge on any atom is 0.112 e. The van der Waals surface area contributed by atoms with Crippen molar-refractivity contribution in [1.82, 2.24) is 4.98 Å². The van der Waals surface area contributed by atoms with Crippen LogP contribution in [-0.4, -0.2) is 4.98 Å². The molecule has 1 aromatic heterocycles. The normalized spacial score (nSPS) is 10.3. The lowest BCUT2D eigenvalue weighted by Crippen LogP contribution is -1.98. The van der Waals surface area contributed by atoms with Crippen LogP contribution in [0.2, 0.25) is 5.02 Å². The zero-order valence-electron chi connectivity index (χ0n) is 8.33. The van der Waals surface area contributed by atoms with E-state index in [1.54, 1.807) is 11.3 Å². The number of aromatic nitrogens is 1. The number of hydrogen-bond acceptors (Lipinski definition) is 3. The molecule has 0 aliphatic heterocycles. The predicted molar refractivity (Wildman–Crippen MR) is 65.6 cm³/mol. The second-order valence-corrected chi connectivity index (χ2v) is 4.63. The van der Waals surface area contributed by atoms with E-state index in [0.717, 1.165) is 28.0 Å². The van der Waals surface area contributed by atoms with E-state index in [-0.39, 0.29) is 0 Å². The van der Waals surface area contributed by atoms with Gasteiger partial charge in [0.2, 0.25) is 0 Å². The first-order valence-electron chi connectivity index (χ1n) is 4.64. The molecule has 0 saturated heterocycles. The molecule has 0 atom stereocenters. The molecule has 1 heterocycles. The van der Waals surface area contributed by atoms with E-state index < -0.39 is 0 Å². The third-order valence-electron chi connectivity index (χ3n) is 1.93. The number of nitrogens with zero attached hydrogens (tertiary/aromatic N) is 1. The maximum absolute atomic E-state index is 5.88. The van der Waals surface area contributed by atoms with Gasteiger partial charge in [-0.05, 0) is 25.1 Å². The smallest absolute Gasteiger partial charge is 0.112 e. The molecule has 15 heavy (non-hydrogen) atoms. The van der Waals surface area contributed by atoms with Gasteiger partial charge in [-0.15, -0.1) is 11.3 Å². The lowest BCUT2D eigenvalue weighted by atomic mass is 10.3. The van der Waals surface area contributed by atoms with E-state index in [4.69, 9.17) is 11.6 Å². The molecule has 4 heteroatoms. The summed E-state index contributed by atoms with van der Waals surface area (Å²) in [6.45, 7) is 2.75. The van der Waals surface area contributed by atoms with E-state index in [1.165, 1.54) is 0 Å². The molecule has 0 aliphatic carbocycles. The molecule has 0 spiro atoms. The van der Waals surface area contributed by atoms with E-state index in [2.05, 4.69) is 15.7 Å². The average molecular weight is 239 g/mol. The van der Waals surface area contributed by atoms with Gasteiger partial charge < -0.3 is 5.32 Å². The first-order chi connectivity index (χ1) is 7.24. The molecule has 0 amide bonds. The maximum atomic E-state index is 5.88. The molecule has 0 saturated carbocycles. The van der Waals surface area contributed by atoms with Crippen LogP contribution in [-0.2, 0) is 6.54 Å². The lowest BCUT2D eigenvalue weighted by molar-refractivity contribution is 1.08. The number of nitrogens with one attached hydrogen (secondary N) is 1. The van der Waals surface area contributed by atoms with Gasteiger partial charge in [-0.25, -0.2) is 4.98 Å². The Labute approximate surface area is 97.9 Å². The molecule has 0 fully saturated rings. The summed E-state index contributed by atoms with van der Waals surface area (Å²) >= 11 is 7.54. The van der Waals surface area contributed by atoms with E-state index >= 15 is 0 Å². The van der Waals surface area contributed by atoms with Crippen molar-refractivity contribution >= 4 is 28.6 Å². The van der Waals surface area contributed by atoms with Gasteiger partial charge in [-0.1, -0.05) is 17.7 Å². The highest BCUT2D eigenvalue weighted by Crippen LogP contribution is 2.16. The van der Waals surface area contributed by atoms with Gasteiger partial charge in [0.1, 0.15) is 5.01 Å². The Bertz CT molecular complexity index is 453. The summed E-state index contributed by atoms with van der Waals surface area (Å²) in [7, 11) is 0. The summed E-state index contributed by atoms with van der Waals surface area (Å²) in [6.07, 6.45) is 0. The van der Waals surface area contributed by atoms with Crippen LogP contribution in [0.3, 0.4) is 0 Å². The van der Waals surface area contributed by atoms with Gasteiger partial charge >= 0.3 is 0 Å². The van der Waals surface area contributed by atoms with Gasteiger partial charge in [0, 0.05) is 21.8 Å². The minimum Gasteiger partial charge on any atom is -0.378 e. The number of benzene rings is 1. The molecule has 0 unspecified atom stereocenters. The van der Waals surface area contributed by atoms with Gasteiger partial charge in [-0.2, -0.15) is 0 Å². The third-order valence-corrected chi connectivity index (χ3v) is 3.14. The van der Waals surface area contributed by atoms with Crippen LogP contribution in [0, 0.1) is 6.92 Å². The second-order valence-electron chi connectivity index (χ2n) is 3.25. The molecule has 78 valence electrons. The summed E-state index contributed by atoms with van der Waals surface area (Å²) in [4.78, 5) is 4.37. The van der Waals surface area contributed by atoms with Crippen molar-refractivity contribution in [3.05, 3.63) is 45.4 Å². The fourth-order valence-corrected chi connectivity index (χ4v) is 2.16. The molecule has 0 aliphatic rings. The number of aryl methyl sites for hydroxylation is 1. The van der Waals surface area contributed by atoms with Crippen molar-refractivity contribution in [2.75, 3.05) is 5.32 Å². The number of thiazole rings is 1. The minimum absolute atomic E-state index is 0.746. The number of rotatable bonds is 3. The third kappa shape index (κ3) is 2.94. The topological polar surface area (TPSA) is 24.9 Å². The Morgan fingerprint density at radius 3 is 3.00 bits per heavy atom. The molecule has 0 bridgehead atoms. The monoisotopic (exact) mass is 238 g/mol. The number of hydrogen-bond donors (Lipinski definition) is 1. The number of halogens is 1. The Morgan fingerprint density at radius 2 is 2.33 bits per heavy atom. The summed E-state index contributed by atoms with van der Waals surface area (Å²) in [5.74, 6) is 0. The van der Waals surface area contributed by atoms with Gasteiger partial charge in [0.25, 0.3) is 0 Å². The fourth-order valence-electron chi connectivity index (χ4n) is 1.26. The first-order valence-corrected chi connectivity index (χ1v) is 5.90. The van der Waals surface area contributed by atoms with Crippen LogP contribution in [0.15, 0.2) is 29.6 Å². The van der Waals surface area contributed by atoms with E-state index in [1.807, 2.05) is 31.2 Å². The zero-order chi connectivity index (χ0) is 10.7. The fraction of sp³-hybridized carbons (Fsp3) is 0.182. The van der Waals surface area contributed by atoms with E-state index in [0.29, 0.717) is 0 Å². The van der Waals surface area contributed by atoms with Crippen LogP contribution >= 0.6 is 22.9 Å².